The third-order valence-corrected chi connectivity index (χ3v) is 21.7. The molecule has 0 saturated heterocycles. The Morgan fingerprint density at radius 2 is 0.466 bits per heavy atom. The first-order valence-corrected chi connectivity index (χ1v) is 38.9. The van der Waals surface area contributed by atoms with Crippen LogP contribution in [0.4, 0.5) is 0 Å². The highest BCUT2D eigenvalue weighted by Gasteiger charge is 2.16. The van der Waals surface area contributed by atoms with E-state index >= 15 is 0 Å². The molecule has 0 N–H and O–H groups in total. The summed E-state index contributed by atoms with van der Waals surface area (Å²) in [7, 11) is 14.5. The Labute approximate surface area is 480 Å². The minimum absolute atomic E-state index is 0.229. The van der Waals surface area contributed by atoms with Crippen LogP contribution in [-0.4, -0.2) is 145 Å². The molecule has 10 nitrogen and oxygen atoms in total. The highest BCUT2D eigenvalue weighted by molar-refractivity contribution is 8.77. The number of rotatable bonds is 60. The largest absolute Gasteiger partial charge is 0.465 e. The average Bonchev–Trinajstić information content (AvgIpc) is 3.39. The zero-order valence-electron chi connectivity index (χ0n) is 46.7. The molecule has 73 heavy (non-hydrogen) atoms. The van der Waals surface area contributed by atoms with Crippen LogP contribution in [0.15, 0.2) is 0 Å². The molecule has 0 atom stereocenters. The molecule has 0 aliphatic carbocycles. The number of unbranched alkanes of at least 4 members (excludes halogenated alkanes) is 20. The van der Waals surface area contributed by atoms with Gasteiger partial charge in [-0.05, 0) is 45.2 Å². The van der Waals surface area contributed by atoms with Gasteiger partial charge in [-0.25, -0.2) is 0 Å². The van der Waals surface area contributed by atoms with Gasteiger partial charge < -0.3 is 28.7 Å². The second kappa shape index (κ2) is 61.8. The molecule has 0 aromatic carbocycles. The zero-order valence-corrected chi connectivity index (χ0v) is 53.2. The Morgan fingerprint density at radius 1 is 0.260 bits per heavy atom. The van der Waals surface area contributed by atoms with Gasteiger partial charge in [-0.15, -0.1) is 0 Å². The molecule has 0 fully saturated rings. The van der Waals surface area contributed by atoms with Crippen molar-refractivity contribution in [1.29, 1.82) is 0 Å². The van der Waals surface area contributed by atoms with Gasteiger partial charge in [0.25, 0.3) is 0 Å². The van der Waals surface area contributed by atoms with E-state index in [0.717, 1.165) is 52.4 Å². The first-order valence-electron chi connectivity index (χ1n) is 28.9. The van der Waals surface area contributed by atoms with Crippen molar-refractivity contribution in [3.05, 3.63) is 0 Å². The van der Waals surface area contributed by atoms with Gasteiger partial charge in [0.15, 0.2) is 0 Å². The van der Waals surface area contributed by atoms with Crippen LogP contribution in [0, 0.1) is 0 Å². The number of ether oxygens (including phenoxy) is 4. The number of hydrogen-bond donors (Lipinski definition) is 0. The van der Waals surface area contributed by atoms with Gasteiger partial charge in [-0.1, -0.05) is 242 Å². The van der Waals surface area contributed by atoms with E-state index in [-0.39, 0.29) is 49.6 Å². The molecule has 0 saturated carbocycles. The summed E-state index contributed by atoms with van der Waals surface area (Å²) in [5.74, 6) is 6.66. The molecule has 18 heteroatoms. The van der Waals surface area contributed by atoms with E-state index in [1.807, 2.05) is 43.2 Å². The maximum absolute atomic E-state index is 12.9. The third kappa shape index (κ3) is 58.6. The molecular weight excluding hydrogens is 1070 g/mol. The molecular formula is C55H106N2O8S8. The second-order valence-corrected chi connectivity index (χ2v) is 29.4. The second-order valence-electron chi connectivity index (χ2n) is 18.6. The van der Waals surface area contributed by atoms with E-state index in [9.17, 15) is 19.2 Å². The van der Waals surface area contributed by atoms with Gasteiger partial charge in [0.2, 0.25) is 0 Å². The number of esters is 4. The molecule has 0 spiro atoms. The van der Waals surface area contributed by atoms with Crippen LogP contribution in [0.1, 0.15) is 214 Å². The molecule has 0 aliphatic heterocycles. The Balaban J connectivity index is 5.17. The van der Waals surface area contributed by atoms with Crippen molar-refractivity contribution in [3.8, 4) is 0 Å². The predicted molar refractivity (Wildman–Crippen MR) is 333 cm³/mol. The molecule has 0 aromatic heterocycles. The molecule has 0 rings (SSSR count). The van der Waals surface area contributed by atoms with Crippen molar-refractivity contribution in [1.82, 2.24) is 9.80 Å². The molecule has 0 unspecified atom stereocenters. The van der Waals surface area contributed by atoms with Crippen LogP contribution in [-0.2, 0) is 38.1 Å². The van der Waals surface area contributed by atoms with E-state index < -0.39 is 0 Å². The third-order valence-electron chi connectivity index (χ3n) is 11.9. The topological polar surface area (TPSA) is 112 Å². The van der Waals surface area contributed by atoms with E-state index in [1.54, 1.807) is 43.2 Å². The van der Waals surface area contributed by atoms with E-state index in [1.165, 1.54) is 154 Å². The summed E-state index contributed by atoms with van der Waals surface area (Å²) in [5.41, 5.74) is 0. The first-order chi connectivity index (χ1) is 35.9. The summed E-state index contributed by atoms with van der Waals surface area (Å²) in [6.45, 7) is 13.7. The Kier molecular flexibility index (Phi) is 62.3. The SMILES string of the molecule is CCCCCCCCSSCCOC(=O)CCN(CCCN(CCC(=O)OCCSSCCCCCCCC)CCC(=O)OCCSSCCCCCCCC)CCC(=O)OCCSSCCCCCCCC. The lowest BCUT2D eigenvalue weighted by atomic mass is 10.1. The fourth-order valence-corrected chi connectivity index (χ4v) is 15.4. The maximum atomic E-state index is 12.9. The molecule has 0 aliphatic rings. The quantitative estimate of drug-likeness (QED) is 0.0249. The van der Waals surface area contributed by atoms with Crippen LogP contribution in [0.5, 0.6) is 0 Å². The summed E-state index contributed by atoms with van der Waals surface area (Å²) in [5, 5.41) is 0. The molecule has 0 radical (unpaired) electrons. The van der Waals surface area contributed by atoms with Crippen molar-refractivity contribution in [2.24, 2.45) is 0 Å². The fraction of sp³-hybridized carbons (Fsp3) is 0.927. The maximum Gasteiger partial charge on any atom is 0.307 e. The van der Waals surface area contributed by atoms with Crippen molar-refractivity contribution >= 4 is 110 Å². The number of carbonyl (C=O) groups excluding carboxylic acids is 4. The van der Waals surface area contributed by atoms with E-state index in [0.29, 0.717) is 65.7 Å². The lowest BCUT2D eigenvalue weighted by molar-refractivity contribution is -0.145. The summed E-state index contributed by atoms with van der Waals surface area (Å²) in [4.78, 5) is 55.8. The van der Waals surface area contributed by atoms with Crippen LogP contribution >= 0.6 is 86.4 Å². The standard InChI is InChI=1S/C55H106N2O8S8/c1-5-9-13-17-21-25-44-66-70-48-40-62-52(58)30-36-56(37-31-53(59)63-41-49-71-67-45-26-22-18-14-10-6-2)34-29-35-57(38-32-54(60)64-42-50-72-68-46-27-23-19-15-11-7-3)39-33-55(61)65-43-51-73-69-47-28-24-20-16-12-8-4/h5-51H2,1-4H3. The summed E-state index contributed by atoms with van der Waals surface area (Å²) >= 11 is 0. The minimum atomic E-state index is -0.229. The zero-order chi connectivity index (χ0) is 53.2. The fourth-order valence-electron chi connectivity index (χ4n) is 7.47. The van der Waals surface area contributed by atoms with Gasteiger partial charge in [-0.2, -0.15) is 0 Å². The Hall–Kier alpha value is 0.600. The van der Waals surface area contributed by atoms with Gasteiger partial charge in [0.1, 0.15) is 26.4 Å². The highest BCUT2D eigenvalue weighted by atomic mass is 33.1. The smallest absolute Gasteiger partial charge is 0.307 e. The lowest BCUT2D eigenvalue weighted by Crippen LogP contribution is -2.35. The van der Waals surface area contributed by atoms with Crippen LogP contribution in [0.3, 0.4) is 0 Å². The molecule has 0 amide bonds. The van der Waals surface area contributed by atoms with Crippen molar-refractivity contribution in [3.63, 3.8) is 0 Å². The molecule has 0 bridgehead atoms. The van der Waals surface area contributed by atoms with Gasteiger partial charge in [0, 0.05) is 72.2 Å². The predicted octanol–water partition coefficient (Wildman–Crippen LogP) is 16.7. The Morgan fingerprint density at radius 3 is 0.699 bits per heavy atom. The Bertz CT molecular complexity index is 1050. The van der Waals surface area contributed by atoms with E-state index in [2.05, 4.69) is 37.5 Å². The van der Waals surface area contributed by atoms with Crippen molar-refractivity contribution in [2.45, 2.75) is 214 Å². The molecule has 0 heterocycles. The van der Waals surface area contributed by atoms with Crippen LogP contribution in [0.25, 0.3) is 0 Å². The summed E-state index contributed by atoms with van der Waals surface area (Å²) in [6, 6.07) is 0. The van der Waals surface area contributed by atoms with Crippen LogP contribution in [0.2, 0.25) is 0 Å². The summed E-state index contributed by atoms with van der Waals surface area (Å²) in [6.07, 6.45) is 32.7. The number of hydrogen-bond acceptors (Lipinski definition) is 18. The normalized spacial score (nSPS) is 11.5. The molecule has 432 valence electrons. The van der Waals surface area contributed by atoms with Gasteiger partial charge >= 0.3 is 23.9 Å². The first kappa shape index (κ1) is 73.6. The lowest BCUT2D eigenvalue weighted by Gasteiger charge is -2.25. The summed E-state index contributed by atoms with van der Waals surface area (Å²) < 4.78 is 22.4. The van der Waals surface area contributed by atoms with Crippen molar-refractivity contribution in [2.75, 3.05) is 112 Å². The van der Waals surface area contributed by atoms with E-state index in [4.69, 9.17) is 18.9 Å². The highest BCUT2D eigenvalue weighted by Crippen LogP contribution is 2.26. The monoisotopic (exact) mass is 1180 g/mol. The molecule has 0 aromatic rings. The van der Waals surface area contributed by atoms with Crippen LogP contribution < -0.4 is 0 Å². The van der Waals surface area contributed by atoms with Gasteiger partial charge in [-0.3, -0.25) is 19.2 Å². The average molecular weight is 1180 g/mol. The van der Waals surface area contributed by atoms with Crippen molar-refractivity contribution < 1.29 is 38.1 Å². The van der Waals surface area contributed by atoms with Gasteiger partial charge in [0.05, 0.1) is 25.7 Å². The number of carbonyl (C=O) groups is 4. The number of nitrogens with zero attached hydrogens (tertiary/aromatic N) is 2. The minimum Gasteiger partial charge on any atom is -0.465 e.